The molecule has 0 aromatic carbocycles. The van der Waals surface area contributed by atoms with Crippen LogP contribution in [0.2, 0.25) is 0 Å². The summed E-state index contributed by atoms with van der Waals surface area (Å²) < 4.78 is 1.77. The maximum Gasteiger partial charge on any atom is 0.155 e. The van der Waals surface area contributed by atoms with Crippen molar-refractivity contribution in [2.24, 2.45) is 24.3 Å². The van der Waals surface area contributed by atoms with E-state index in [1.165, 1.54) is 0 Å². The van der Waals surface area contributed by atoms with Crippen molar-refractivity contribution in [1.82, 2.24) is 9.78 Å². The number of nitrogens with zero attached hydrogens (tertiary/aromatic N) is 3. The fourth-order valence-electron chi connectivity index (χ4n) is 4.85. The smallest absolute Gasteiger partial charge is 0.155 e. The average Bonchev–Trinajstić information content (AvgIpc) is 2.80. The van der Waals surface area contributed by atoms with Crippen molar-refractivity contribution in [3.8, 4) is 18.4 Å². The maximum absolute atomic E-state index is 12.6. The molecule has 0 radical (unpaired) electrons. The number of hydrogen-bond acceptors (Lipinski definition) is 3. The summed E-state index contributed by atoms with van der Waals surface area (Å²) in [6.07, 6.45) is 7.96. The van der Waals surface area contributed by atoms with E-state index in [9.17, 15) is 10.1 Å². The largest absolute Gasteiger partial charge is 0.298 e. The van der Waals surface area contributed by atoms with Crippen LogP contribution in [0.3, 0.4) is 0 Å². The van der Waals surface area contributed by atoms with E-state index in [0.29, 0.717) is 6.42 Å². The predicted molar refractivity (Wildman–Crippen MR) is 82.8 cm³/mol. The molecule has 22 heavy (non-hydrogen) atoms. The van der Waals surface area contributed by atoms with Gasteiger partial charge < -0.3 is 0 Å². The monoisotopic (exact) mass is 295 g/mol. The molecule has 1 fully saturated rings. The zero-order valence-electron chi connectivity index (χ0n) is 13.6. The Balaban J connectivity index is 2.21. The minimum absolute atomic E-state index is 0.0778. The van der Waals surface area contributed by atoms with E-state index >= 15 is 0 Å². The third-order valence-corrected chi connectivity index (χ3v) is 5.88. The number of terminal acetylenes is 1. The summed E-state index contributed by atoms with van der Waals surface area (Å²) >= 11 is 0. The summed E-state index contributed by atoms with van der Waals surface area (Å²) in [5.41, 5.74) is 2.19. The van der Waals surface area contributed by atoms with Crippen LogP contribution in [-0.4, -0.2) is 15.6 Å². The summed E-state index contributed by atoms with van der Waals surface area (Å²) in [5, 5.41) is 14.1. The number of ketones is 1. The van der Waals surface area contributed by atoms with Crippen LogP contribution < -0.4 is 0 Å². The highest BCUT2D eigenvalue weighted by molar-refractivity contribution is 5.90. The number of aromatic nitrogens is 2. The molecule has 0 aliphatic heterocycles. The average molecular weight is 295 g/mol. The third kappa shape index (κ3) is 1.64. The number of Topliss-reactive ketones (excluding diaryl/α,β-unsaturated/α-hetero) is 1. The summed E-state index contributed by atoms with van der Waals surface area (Å²) in [4.78, 5) is 12.6. The van der Waals surface area contributed by atoms with Gasteiger partial charge >= 0.3 is 0 Å². The van der Waals surface area contributed by atoms with Crippen LogP contribution in [0.5, 0.6) is 0 Å². The van der Waals surface area contributed by atoms with Crippen molar-refractivity contribution in [2.45, 2.75) is 45.4 Å². The fourth-order valence-corrected chi connectivity index (χ4v) is 4.85. The highest BCUT2D eigenvalue weighted by Gasteiger charge is 2.58. The molecule has 1 aromatic heterocycles. The molecular formula is C18H21N3O. The van der Waals surface area contributed by atoms with Crippen LogP contribution in [0.1, 0.15) is 50.6 Å². The van der Waals surface area contributed by atoms with Crippen LogP contribution in [0.15, 0.2) is 0 Å². The second-order valence-electron chi connectivity index (χ2n) is 7.42. The lowest BCUT2D eigenvalue weighted by atomic mass is 9.49. The standard InChI is InChI=1S/C18H21N3O/c1-6-13-12-7-8-14-17(2,3)16(22)11(10-19)9-18(14,4)15(12)20-21(13)5/h1,11,14H,7-9H2,2-5H3/t11?,14-,18-/m0/s1. The van der Waals surface area contributed by atoms with Crippen molar-refractivity contribution >= 4 is 5.78 Å². The van der Waals surface area contributed by atoms with Gasteiger partial charge in [-0.25, -0.2) is 0 Å². The molecule has 2 aliphatic rings. The molecule has 4 heteroatoms. The van der Waals surface area contributed by atoms with Gasteiger partial charge in [0.15, 0.2) is 5.78 Å². The molecule has 1 saturated carbocycles. The van der Waals surface area contributed by atoms with Crippen molar-refractivity contribution in [3.63, 3.8) is 0 Å². The molecular weight excluding hydrogens is 274 g/mol. The molecule has 0 amide bonds. The van der Waals surface area contributed by atoms with E-state index in [1.807, 2.05) is 20.9 Å². The van der Waals surface area contributed by atoms with Crippen molar-refractivity contribution in [3.05, 3.63) is 17.0 Å². The third-order valence-electron chi connectivity index (χ3n) is 5.88. The number of aryl methyl sites for hydroxylation is 1. The lowest BCUT2D eigenvalue weighted by Crippen LogP contribution is -2.55. The number of rotatable bonds is 0. The Hall–Kier alpha value is -2.07. The molecule has 3 rings (SSSR count). The molecule has 0 bridgehead atoms. The van der Waals surface area contributed by atoms with Gasteiger partial charge in [-0.1, -0.05) is 26.7 Å². The summed E-state index contributed by atoms with van der Waals surface area (Å²) in [6.45, 7) is 6.12. The second-order valence-corrected chi connectivity index (χ2v) is 7.42. The summed E-state index contributed by atoms with van der Waals surface area (Å²) in [6, 6.07) is 2.21. The van der Waals surface area contributed by atoms with Crippen LogP contribution in [-0.2, 0) is 23.7 Å². The first-order valence-electron chi connectivity index (χ1n) is 7.74. The van der Waals surface area contributed by atoms with E-state index in [4.69, 9.17) is 11.5 Å². The first kappa shape index (κ1) is 14.9. The van der Waals surface area contributed by atoms with Crippen LogP contribution >= 0.6 is 0 Å². The quantitative estimate of drug-likeness (QED) is 0.690. The minimum Gasteiger partial charge on any atom is -0.298 e. The van der Waals surface area contributed by atoms with E-state index < -0.39 is 11.3 Å². The highest BCUT2D eigenvalue weighted by Crippen LogP contribution is 2.56. The lowest BCUT2D eigenvalue weighted by molar-refractivity contribution is -0.140. The lowest BCUT2D eigenvalue weighted by Gasteiger charge is -2.52. The van der Waals surface area contributed by atoms with E-state index in [-0.39, 0.29) is 17.1 Å². The second kappa shape index (κ2) is 4.46. The molecule has 1 unspecified atom stereocenters. The number of carbonyl (C=O) groups excluding carboxylic acids is 1. The van der Waals surface area contributed by atoms with Gasteiger partial charge in [0.25, 0.3) is 0 Å². The first-order chi connectivity index (χ1) is 10.3. The Morgan fingerprint density at radius 2 is 2.09 bits per heavy atom. The van der Waals surface area contributed by atoms with Crippen LogP contribution in [0, 0.1) is 40.9 Å². The van der Waals surface area contributed by atoms with Gasteiger partial charge in [0, 0.05) is 23.4 Å². The summed E-state index contributed by atoms with van der Waals surface area (Å²) in [5.74, 6) is 2.46. The van der Waals surface area contributed by atoms with E-state index in [0.717, 1.165) is 29.8 Å². The molecule has 3 atom stereocenters. The highest BCUT2D eigenvalue weighted by atomic mass is 16.1. The van der Waals surface area contributed by atoms with Gasteiger partial charge in [0.1, 0.15) is 11.6 Å². The van der Waals surface area contributed by atoms with Crippen LogP contribution in [0.25, 0.3) is 0 Å². The SMILES string of the molecule is C#Cc1c2c(nn1C)[C@@]1(C)CC(C#N)C(=O)C(C)(C)[C@@H]1CC2. The Morgan fingerprint density at radius 1 is 1.41 bits per heavy atom. The van der Waals surface area contributed by atoms with Gasteiger partial charge in [-0.05, 0) is 25.2 Å². The fraction of sp³-hybridized carbons (Fsp3) is 0.611. The van der Waals surface area contributed by atoms with Gasteiger partial charge in [0.05, 0.1) is 11.8 Å². The van der Waals surface area contributed by atoms with Gasteiger partial charge in [-0.2, -0.15) is 10.4 Å². The molecule has 0 N–H and O–H groups in total. The molecule has 4 nitrogen and oxygen atoms in total. The number of carbonyl (C=O) groups is 1. The van der Waals surface area contributed by atoms with Crippen molar-refractivity contribution < 1.29 is 4.79 Å². The van der Waals surface area contributed by atoms with Gasteiger partial charge in [0.2, 0.25) is 0 Å². The topological polar surface area (TPSA) is 58.7 Å². The predicted octanol–water partition coefficient (Wildman–Crippen LogP) is 2.36. The number of nitriles is 1. The number of hydrogen-bond donors (Lipinski definition) is 0. The van der Waals surface area contributed by atoms with E-state index in [2.05, 4.69) is 18.9 Å². The Labute approximate surface area is 131 Å². The van der Waals surface area contributed by atoms with Crippen molar-refractivity contribution in [1.29, 1.82) is 5.26 Å². The molecule has 1 aromatic rings. The Bertz CT molecular complexity index is 744. The normalized spacial score (nSPS) is 32.5. The zero-order valence-corrected chi connectivity index (χ0v) is 13.6. The van der Waals surface area contributed by atoms with Crippen LogP contribution in [0.4, 0.5) is 0 Å². The molecule has 2 aliphatic carbocycles. The summed E-state index contributed by atoms with van der Waals surface area (Å²) in [7, 11) is 1.87. The van der Waals surface area contributed by atoms with Crippen molar-refractivity contribution in [2.75, 3.05) is 0 Å². The van der Waals surface area contributed by atoms with E-state index in [1.54, 1.807) is 4.68 Å². The van der Waals surface area contributed by atoms with Gasteiger partial charge in [-0.15, -0.1) is 6.42 Å². The zero-order chi connectivity index (χ0) is 16.3. The Kier molecular flexibility index (Phi) is 3.01. The molecule has 0 saturated heterocycles. The molecule has 0 spiro atoms. The Morgan fingerprint density at radius 3 is 2.68 bits per heavy atom. The number of fused-ring (bicyclic) bond motifs is 3. The maximum atomic E-state index is 12.6. The molecule has 1 heterocycles. The minimum atomic E-state index is -0.557. The molecule has 114 valence electrons. The van der Waals surface area contributed by atoms with Gasteiger partial charge in [-0.3, -0.25) is 9.48 Å². The first-order valence-corrected chi connectivity index (χ1v) is 7.74.